The molecule has 1 heterocycles. The fourth-order valence-corrected chi connectivity index (χ4v) is 4.06. The summed E-state index contributed by atoms with van der Waals surface area (Å²) < 4.78 is 26.5. The highest BCUT2D eigenvalue weighted by Crippen LogP contribution is 2.24. The van der Waals surface area contributed by atoms with Crippen molar-refractivity contribution in [2.24, 2.45) is 0 Å². The van der Waals surface area contributed by atoms with E-state index in [1.165, 1.54) is 0 Å². The van der Waals surface area contributed by atoms with Gasteiger partial charge in [-0.3, -0.25) is 0 Å². The first-order valence-electron chi connectivity index (χ1n) is 7.04. The molecular weight excluding hydrogens is 286 g/mol. The lowest BCUT2D eigenvalue weighted by Crippen LogP contribution is -2.51. The summed E-state index contributed by atoms with van der Waals surface area (Å²) in [4.78, 5) is 0. The minimum atomic E-state index is -3.32. The lowest BCUT2D eigenvalue weighted by atomic mass is 9.91. The molecular formula is C15H21N3O2S. The summed E-state index contributed by atoms with van der Waals surface area (Å²) in [6.45, 7) is 3.20. The van der Waals surface area contributed by atoms with Gasteiger partial charge in [0, 0.05) is 18.6 Å². The van der Waals surface area contributed by atoms with E-state index in [9.17, 15) is 8.42 Å². The van der Waals surface area contributed by atoms with Crippen LogP contribution in [0.15, 0.2) is 24.3 Å². The summed E-state index contributed by atoms with van der Waals surface area (Å²) >= 11 is 0. The summed E-state index contributed by atoms with van der Waals surface area (Å²) in [6, 6.07) is 8.82. The third kappa shape index (κ3) is 3.82. The van der Waals surface area contributed by atoms with Crippen LogP contribution in [0.4, 0.5) is 0 Å². The van der Waals surface area contributed by atoms with E-state index in [4.69, 9.17) is 5.26 Å². The van der Waals surface area contributed by atoms with Gasteiger partial charge in [-0.25, -0.2) is 12.7 Å². The molecule has 0 unspecified atom stereocenters. The Morgan fingerprint density at radius 1 is 1.38 bits per heavy atom. The van der Waals surface area contributed by atoms with Crippen LogP contribution in [0.1, 0.15) is 30.9 Å². The third-order valence-corrected chi connectivity index (χ3v) is 6.08. The van der Waals surface area contributed by atoms with Crippen molar-refractivity contribution in [3.63, 3.8) is 0 Å². The molecule has 0 amide bonds. The summed E-state index contributed by atoms with van der Waals surface area (Å²) in [6.07, 6.45) is 1.61. The molecule has 1 aliphatic rings. The number of nitrogens with one attached hydrogen (secondary N) is 1. The van der Waals surface area contributed by atoms with E-state index >= 15 is 0 Å². The quantitative estimate of drug-likeness (QED) is 0.914. The maximum atomic E-state index is 12.5. The SMILES string of the molecule is CNC1(C)CCN(S(=O)(=O)Cc2cccc(C#N)c2)CC1. The first-order chi connectivity index (χ1) is 9.88. The Labute approximate surface area is 126 Å². The van der Waals surface area contributed by atoms with Gasteiger partial charge in [-0.1, -0.05) is 12.1 Å². The molecule has 0 atom stereocenters. The lowest BCUT2D eigenvalue weighted by molar-refractivity contribution is 0.219. The molecule has 0 radical (unpaired) electrons. The predicted octanol–water partition coefficient (Wildman–Crippen LogP) is 1.46. The Kier molecular flexibility index (Phi) is 4.67. The molecule has 1 saturated heterocycles. The average Bonchev–Trinajstić information content (AvgIpc) is 2.47. The largest absolute Gasteiger partial charge is 0.314 e. The molecule has 5 nitrogen and oxygen atoms in total. The van der Waals surface area contributed by atoms with Gasteiger partial charge < -0.3 is 5.32 Å². The number of nitrogens with zero attached hydrogens (tertiary/aromatic N) is 2. The second kappa shape index (κ2) is 6.14. The highest BCUT2D eigenvalue weighted by Gasteiger charge is 2.33. The standard InChI is InChI=1S/C15H21N3O2S/c1-15(17-2)6-8-18(9-7-15)21(19,20)12-14-5-3-4-13(10-14)11-16/h3-5,10,17H,6-9,12H2,1-2H3. The monoisotopic (exact) mass is 307 g/mol. The maximum Gasteiger partial charge on any atom is 0.218 e. The number of sulfonamides is 1. The predicted molar refractivity (Wildman–Crippen MR) is 82.1 cm³/mol. The second-order valence-electron chi connectivity index (χ2n) is 5.78. The third-order valence-electron chi connectivity index (χ3n) is 4.23. The van der Waals surface area contributed by atoms with E-state index in [1.807, 2.05) is 13.1 Å². The molecule has 2 rings (SSSR count). The van der Waals surface area contributed by atoms with Gasteiger partial charge in [-0.2, -0.15) is 5.26 Å². The molecule has 0 bridgehead atoms. The zero-order chi connectivity index (χ0) is 15.5. The molecule has 1 aromatic rings. The zero-order valence-corrected chi connectivity index (χ0v) is 13.3. The van der Waals surface area contributed by atoms with Crippen LogP contribution in [0.5, 0.6) is 0 Å². The zero-order valence-electron chi connectivity index (χ0n) is 12.5. The molecule has 0 spiro atoms. The van der Waals surface area contributed by atoms with Crippen molar-refractivity contribution in [3.8, 4) is 6.07 Å². The van der Waals surface area contributed by atoms with Gasteiger partial charge >= 0.3 is 0 Å². The Hall–Kier alpha value is -1.42. The average molecular weight is 307 g/mol. The molecule has 1 aromatic carbocycles. The molecule has 1 aliphatic heterocycles. The highest BCUT2D eigenvalue weighted by atomic mass is 32.2. The van der Waals surface area contributed by atoms with Crippen molar-refractivity contribution >= 4 is 10.0 Å². The molecule has 0 saturated carbocycles. The van der Waals surface area contributed by atoms with E-state index in [1.54, 1.807) is 28.6 Å². The fraction of sp³-hybridized carbons (Fsp3) is 0.533. The van der Waals surface area contributed by atoms with E-state index in [-0.39, 0.29) is 11.3 Å². The van der Waals surface area contributed by atoms with Gasteiger partial charge in [0.1, 0.15) is 0 Å². The first kappa shape index (κ1) is 16.0. The molecule has 6 heteroatoms. The van der Waals surface area contributed by atoms with E-state index in [0.29, 0.717) is 24.2 Å². The molecule has 1 N–H and O–H groups in total. The van der Waals surface area contributed by atoms with Crippen LogP contribution in [0, 0.1) is 11.3 Å². The van der Waals surface area contributed by atoms with Gasteiger partial charge in [0.25, 0.3) is 0 Å². The van der Waals surface area contributed by atoms with Crippen molar-refractivity contribution in [1.82, 2.24) is 9.62 Å². The van der Waals surface area contributed by atoms with Gasteiger partial charge in [0.15, 0.2) is 0 Å². The van der Waals surface area contributed by atoms with Crippen LogP contribution in [0.3, 0.4) is 0 Å². The Bertz CT molecular complexity index is 641. The number of hydrogen-bond acceptors (Lipinski definition) is 4. The summed E-state index contributed by atoms with van der Waals surface area (Å²) in [7, 11) is -1.41. The number of hydrogen-bond donors (Lipinski definition) is 1. The number of piperidine rings is 1. The smallest absolute Gasteiger partial charge is 0.218 e. The van der Waals surface area contributed by atoms with E-state index in [2.05, 4.69) is 12.2 Å². The maximum absolute atomic E-state index is 12.5. The van der Waals surface area contributed by atoms with Crippen LogP contribution >= 0.6 is 0 Å². The van der Waals surface area contributed by atoms with Crippen LogP contribution in [0.2, 0.25) is 0 Å². The normalized spacial score (nSPS) is 19.1. The van der Waals surface area contributed by atoms with E-state index < -0.39 is 10.0 Å². The van der Waals surface area contributed by atoms with Crippen molar-refractivity contribution in [3.05, 3.63) is 35.4 Å². The topological polar surface area (TPSA) is 73.2 Å². The Morgan fingerprint density at radius 3 is 2.62 bits per heavy atom. The number of nitriles is 1. The van der Waals surface area contributed by atoms with Crippen LogP contribution in [-0.4, -0.2) is 38.4 Å². The molecule has 114 valence electrons. The van der Waals surface area contributed by atoms with Crippen LogP contribution in [-0.2, 0) is 15.8 Å². The second-order valence-corrected chi connectivity index (χ2v) is 7.75. The minimum Gasteiger partial charge on any atom is -0.314 e. The molecule has 1 fully saturated rings. The Balaban J connectivity index is 2.08. The van der Waals surface area contributed by atoms with E-state index in [0.717, 1.165) is 12.8 Å². The highest BCUT2D eigenvalue weighted by molar-refractivity contribution is 7.88. The number of benzene rings is 1. The summed E-state index contributed by atoms with van der Waals surface area (Å²) in [5.41, 5.74) is 1.17. The van der Waals surface area contributed by atoms with Gasteiger partial charge in [0.2, 0.25) is 10.0 Å². The number of rotatable bonds is 4. The van der Waals surface area contributed by atoms with Crippen molar-refractivity contribution in [1.29, 1.82) is 5.26 Å². The van der Waals surface area contributed by atoms with Gasteiger partial charge in [-0.15, -0.1) is 0 Å². The molecule has 21 heavy (non-hydrogen) atoms. The van der Waals surface area contributed by atoms with Crippen molar-refractivity contribution in [2.45, 2.75) is 31.1 Å². The van der Waals surface area contributed by atoms with Crippen molar-refractivity contribution < 1.29 is 8.42 Å². The summed E-state index contributed by atoms with van der Waals surface area (Å²) in [5.74, 6) is -0.0429. The Morgan fingerprint density at radius 2 is 2.05 bits per heavy atom. The minimum absolute atomic E-state index is 0.0206. The molecule has 0 aromatic heterocycles. The first-order valence-corrected chi connectivity index (χ1v) is 8.65. The van der Waals surface area contributed by atoms with Crippen LogP contribution < -0.4 is 5.32 Å². The fourth-order valence-electron chi connectivity index (χ4n) is 2.54. The van der Waals surface area contributed by atoms with Crippen LogP contribution in [0.25, 0.3) is 0 Å². The van der Waals surface area contributed by atoms with Gasteiger partial charge in [-0.05, 0) is 44.5 Å². The lowest BCUT2D eigenvalue weighted by Gasteiger charge is -2.38. The molecule has 0 aliphatic carbocycles. The summed E-state index contributed by atoms with van der Waals surface area (Å²) in [5, 5.41) is 12.1. The van der Waals surface area contributed by atoms with Crippen molar-refractivity contribution in [2.75, 3.05) is 20.1 Å². The van der Waals surface area contributed by atoms with Gasteiger partial charge in [0.05, 0.1) is 17.4 Å².